The van der Waals surface area contributed by atoms with Gasteiger partial charge in [-0.3, -0.25) is 0 Å². The number of hydrogen-bond donors (Lipinski definition) is 2. The molecule has 1 amide bonds. The zero-order valence-corrected chi connectivity index (χ0v) is 13.0. The molecule has 1 aliphatic carbocycles. The summed E-state index contributed by atoms with van der Waals surface area (Å²) in [6.45, 7) is 3.65. The zero-order valence-electron chi connectivity index (χ0n) is 13.0. The molecule has 0 aromatic heterocycles. The normalized spacial score (nSPS) is 22.1. The topological polar surface area (TPSA) is 80.0 Å². The van der Waals surface area contributed by atoms with Crippen LogP contribution in [0.25, 0.3) is 0 Å². The van der Waals surface area contributed by atoms with Crippen LogP contribution < -0.4 is 11.1 Å². The maximum Gasteiger partial charge on any atom is 0.409 e. The first-order valence-electron chi connectivity index (χ1n) is 8.20. The van der Waals surface area contributed by atoms with Crippen molar-refractivity contribution < 1.29 is 9.53 Å². The molecular weight excluding hydrogens is 268 g/mol. The van der Waals surface area contributed by atoms with Crippen LogP contribution in [0.15, 0.2) is 4.99 Å². The number of likely N-dealkylation sites (tertiary alicyclic amines) is 1. The van der Waals surface area contributed by atoms with Gasteiger partial charge in [0.2, 0.25) is 0 Å². The SMILES string of the molecule is CCOC(=O)N1CCC(N=C(N)NC2CCCCC2)CC1. The third-order valence-electron chi connectivity index (χ3n) is 4.27. The molecule has 1 saturated carbocycles. The average Bonchev–Trinajstić information content (AvgIpc) is 2.49. The molecule has 0 unspecified atom stereocenters. The van der Waals surface area contributed by atoms with Gasteiger partial charge in [-0.1, -0.05) is 19.3 Å². The Morgan fingerprint density at radius 2 is 1.90 bits per heavy atom. The molecule has 0 bridgehead atoms. The van der Waals surface area contributed by atoms with Crippen LogP contribution >= 0.6 is 0 Å². The van der Waals surface area contributed by atoms with E-state index in [0.29, 0.717) is 31.7 Å². The Bertz CT molecular complexity index is 359. The van der Waals surface area contributed by atoms with Gasteiger partial charge < -0.3 is 20.7 Å². The van der Waals surface area contributed by atoms with Crippen LogP contribution in [0.2, 0.25) is 0 Å². The highest BCUT2D eigenvalue weighted by Crippen LogP contribution is 2.18. The van der Waals surface area contributed by atoms with E-state index in [1.165, 1.54) is 32.1 Å². The molecule has 1 saturated heterocycles. The largest absolute Gasteiger partial charge is 0.450 e. The van der Waals surface area contributed by atoms with Gasteiger partial charge in [-0.15, -0.1) is 0 Å². The van der Waals surface area contributed by atoms with Crippen LogP contribution in [0.4, 0.5) is 4.79 Å². The van der Waals surface area contributed by atoms with Crippen LogP contribution in [-0.4, -0.2) is 48.7 Å². The van der Waals surface area contributed by atoms with E-state index in [1.807, 2.05) is 6.92 Å². The fraction of sp³-hybridized carbons (Fsp3) is 0.867. The summed E-state index contributed by atoms with van der Waals surface area (Å²) in [7, 11) is 0. The van der Waals surface area contributed by atoms with Crippen molar-refractivity contribution >= 4 is 12.1 Å². The predicted molar refractivity (Wildman–Crippen MR) is 83.2 cm³/mol. The third-order valence-corrected chi connectivity index (χ3v) is 4.27. The van der Waals surface area contributed by atoms with Crippen molar-refractivity contribution in [3.8, 4) is 0 Å². The highest BCUT2D eigenvalue weighted by Gasteiger charge is 2.23. The molecule has 3 N–H and O–H groups in total. The van der Waals surface area contributed by atoms with Gasteiger partial charge in [0.25, 0.3) is 0 Å². The summed E-state index contributed by atoms with van der Waals surface area (Å²) < 4.78 is 5.01. The monoisotopic (exact) mass is 296 g/mol. The number of ether oxygens (including phenoxy) is 1. The van der Waals surface area contributed by atoms with Crippen molar-refractivity contribution in [1.82, 2.24) is 10.2 Å². The summed E-state index contributed by atoms with van der Waals surface area (Å²) in [6, 6.07) is 0.703. The maximum absolute atomic E-state index is 11.6. The lowest BCUT2D eigenvalue weighted by molar-refractivity contribution is 0.0975. The van der Waals surface area contributed by atoms with E-state index >= 15 is 0 Å². The summed E-state index contributed by atoms with van der Waals surface area (Å²) in [4.78, 5) is 17.9. The molecule has 0 aromatic rings. The molecular formula is C15H28N4O2. The second-order valence-corrected chi connectivity index (χ2v) is 5.91. The second-order valence-electron chi connectivity index (χ2n) is 5.91. The van der Waals surface area contributed by atoms with Gasteiger partial charge in [0.15, 0.2) is 5.96 Å². The Morgan fingerprint density at radius 1 is 1.24 bits per heavy atom. The molecule has 0 aromatic carbocycles. The summed E-state index contributed by atoms with van der Waals surface area (Å²) in [5.41, 5.74) is 6.01. The first-order valence-corrected chi connectivity index (χ1v) is 8.20. The standard InChI is InChI=1S/C15H28N4O2/c1-2-21-15(20)19-10-8-13(9-11-19)18-14(16)17-12-6-4-3-5-7-12/h12-13H,2-11H2,1H3,(H3,16,17,18). The molecule has 2 rings (SSSR count). The van der Waals surface area contributed by atoms with Gasteiger partial charge in [0, 0.05) is 19.1 Å². The fourth-order valence-electron chi connectivity index (χ4n) is 3.08. The van der Waals surface area contributed by atoms with E-state index in [-0.39, 0.29) is 12.1 Å². The molecule has 0 spiro atoms. The van der Waals surface area contributed by atoms with E-state index in [1.54, 1.807) is 4.90 Å². The van der Waals surface area contributed by atoms with Gasteiger partial charge >= 0.3 is 6.09 Å². The minimum absolute atomic E-state index is 0.215. The Kier molecular flexibility index (Phi) is 6.14. The predicted octanol–water partition coefficient (Wildman–Crippen LogP) is 1.84. The van der Waals surface area contributed by atoms with Gasteiger partial charge in [-0.05, 0) is 32.6 Å². The fourth-order valence-corrected chi connectivity index (χ4v) is 3.08. The number of rotatable bonds is 3. The first-order chi connectivity index (χ1) is 10.2. The van der Waals surface area contributed by atoms with Crippen LogP contribution in [0.1, 0.15) is 51.9 Å². The van der Waals surface area contributed by atoms with Crippen molar-refractivity contribution in [1.29, 1.82) is 0 Å². The lowest BCUT2D eigenvalue weighted by Gasteiger charge is -2.30. The highest BCUT2D eigenvalue weighted by atomic mass is 16.6. The van der Waals surface area contributed by atoms with E-state index in [9.17, 15) is 4.79 Å². The van der Waals surface area contributed by atoms with Crippen LogP contribution in [0.3, 0.4) is 0 Å². The number of carbonyl (C=O) groups is 1. The van der Waals surface area contributed by atoms with E-state index in [2.05, 4.69) is 10.3 Å². The van der Waals surface area contributed by atoms with Crippen LogP contribution in [0, 0.1) is 0 Å². The summed E-state index contributed by atoms with van der Waals surface area (Å²) >= 11 is 0. The first kappa shape index (κ1) is 15.9. The summed E-state index contributed by atoms with van der Waals surface area (Å²) in [6.07, 6.45) is 7.77. The molecule has 120 valence electrons. The average molecular weight is 296 g/mol. The van der Waals surface area contributed by atoms with E-state index in [0.717, 1.165) is 12.8 Å². The number of amides is 1. The highest BCUT2D eigenvalue weighted by molar-refractivity contribution is 5.78. The molecule has 0 radical (unpaired) electrons. The van der Waals surface area contributed by atoms with Crippen molar-refractivity contribution in [2.45, 2.75) is 64.0 Å². The zero-order chi connectivity index (χ0) is 15.1. The molecule has 6 nitrogen and oxygen atoms in total. The smallest absolute Gasteiger partial charge is 0.409 e. The number of aliphatic imine (C=N–C) groups is 1. The number of piperidine rings is 1. The Balaban J connectivity index is 1.73. The van der Waals surface area contributed by atoms with Gasteiger partial charge in [-0.25, -0.2) is 9.79 Å². The third kappa shape index (κ3) is 5.10. The number of nitrogens with two attached hydrogens (primary N) is 1. The lowest BCUT2D eigenvalue weighted by Crippen LogP contribution is -2.44. The quantitative estimate of drug-likeness (QED) is 0.615. The molecule has 2 aliphatic rings. The van der Waals surface area contributed by atoms with Crippen molar-refractivity contribution in [3.63, 3.8) is 0 Å². The molecule has 2 fully saturated rings. The molecule has 21 heavy (non-hydrogen) atoms. The molecule has 6 heteroatoms. The Labute approximate surface area is 127 Å². The second kappa shape index (κ2) is 8.10. The van der Waals surface area contributed by atoms with Crippen molar-refractivity contribution in [3.05, 3.63) is 0 Å². The van der Waals surface area contributed by atoms with Gasteiger partial charge in [0.1, 0.15) is 0 Å². The molecule has 1 heterocycles. The van der Waals surface area contributed by atoms with Gasteiger partial charge in [0.05, 0.1) is 12.6 Å². The number of carbonyl (C=O) groups excluding carboxylic acids is 1. The minimum Gasteiger partial charge on any atom is -0.450 e. The number of guanidine groups is 1. The number of nitrogens with one attached hydrogen (secondary N) is 1. The van der Waals surface area contributed by atoms with E-state index in [4.69, 9.17) is 10.5 Å². The lowest BCUT2D eigenvalue weighted by atomic mass is 9.96. The summed E-state index contributed by atoms with van der Waals surface area (Å²) in [5.74, 6) is 0.566. The van der Waals surface area contributed by atoms with Gasteiger partial charge in [-0.2, -0.15) is 0 Å². The number of hydrogen-bond acceptors (Lipinski definition) is 3. The minimum atomic E-state index is -0.215. The van der Waals surface area contributed by atoms with Crippen LogP contribution in [0.5, 0.6) is 0 Å². The van der Waals surface area contributed by atoms with Crippen LogP contribution in [-0.2, 0) is 4.74 Å². The summed E-state index contributed by atoms with van der Waals surface area (Å²) in [5, 5.41) is 3.34. The maximum atomic E-state index is 11.6. The molecule has 1 aliphatic heterocycles. The molecule has 0 atom stereocenters. The Morgan fingerprint density at radius 3 is 2.52 bits per heavy atom. The van der Waals surface area contributed by atoms with E-state index < -0.39 is 0 Å². The van der Waals surface area contributed by atoms with Crippen molar-refractivity contribution in [2.75, 3.05) is 19.7 Å². The number of nitrogens with zero attached hydrogens (tertiary/aromatic N) is 2. The van der Waals surface area contributed by atoms with Crippen molar-refractivity contribution in [2.24, 2.45) is 10.7 Å². The Hall–Kier alpha value is -1.46.